The van der Waals surface area contributed by atoms with Crippen LogP contribution < -0.4 is 9.62 Å². The standard InChI is InChI=1S/C18H24BrN7O2S/c1-17(2,3)29(27)25-12-9-28-10-18(12)4-6-26(7-5-18)16-21-11(8-20)13-14(19)23-24-15(13)22-16/h12,25H,4-7,9-10H2,1-3H3,(H,21,22,23,24)/t12-,29-/m1/s1. The number of fused-ring (bicyclic) bond motifs is 1. The lowest BCUT2D eigenvalue weighted by Gasteiger charge is -2.42. The highest BCUT2D eigenvalue weighted by Crippen LogP contribution is 2.41. The maximum atomic E-state index is 12.6. The Balaban J connectivity index is 1.51. The van der Waals surface area contributed by atoms with Gasteiger partial charge in [0.2, 0.25) is 5.95 Å². The predicted octanol–water partition coefficient (Wildman–Crippen LogP) is 2.02. The van der Waals surface area contributed by atoms with Crippen molar-refractivity contribution in [1.82, 2.24) is 24.9 Å². The van der Waals surface area contributed by atoms with E-state index in [1.807, 2.05) is 20.8 Å². The van der Waals surface area contributed by atoms with Crippen LogP contribution in [-0.4, -0.2) is 61.5 Å². The van der Waals surface area contributed by atoms with Gasteiger partial charge in [-0.25, -0.2) is 13.9 Å². The molecule has 2 fully saturated rings. The van der Waals surface area contributed by atoms with Gasteiger partial charge in [-0.3, -0.25) is 5.10 Å². The third kappa shape index (κ3) is 3.79. The summed E-state index contributed by atoms with van der Waals surface area (Å²) in [6.07, 6.45) is 1.75. The number of H-pyrrole nitrogens is 1. The van der Waals surface area contributed by atoms with Crippen molar-refractivity contribution in [2.45, 2.75) is 44.4 Å². The molecular formula is C18H24BrN7O2S. The molecular weight excluding hydrogens is 458 g/mol. The Labute approximate surface area is 180 Å². The highest BCUT2D eigenvalue weighted by molar-refractivity contribution is 9.10. The molecule has 11 heteroatoms. The highest BCUT2D eigenvalue weighted by Gasteiger charge is 2.47. The van der Waals surface area contributed by atoms with Gasteiger partial charge in [0.15, 0.2) is 11.3 Å². The minimum Gasteiger partial charge on any atom is -0.379 e. The van der Waals surface area contributed by atoms with Crippen LogP contribution in [0.3, 0.4) is 0 Å². The smallest absolute Gasteiger partial charge is 0.228 e. The number of nitriles is 1. The monoisotopic (exact) mass is 481 g/mol. The molecule has 0 unspecified atom stereocenters. The second kappa shape index (κ2) is 7.58. The van der Waals surface area contributed by atoms with Gasteiger partial charge in [-0.15, -0.1) is 0 Å². The van der Waals surface area contributed by atoms with E-state index in [4.69, 9.17) is 4.74 Å². The number of nitrogens with zero attached hydrogens (tertiary/aromatic N) is 5. The van der Waals surface area contributed by atoms with Crippen molar-refractivity contribution in [3.63, 3.8) is 0 Å². The van der Waals surface area contributed by atoms with Gasteiger partial charge in [-0.1, -0.05) is 0 Å². The van der Waals surface area contributed by atoms with Crippen LogP contribution in [0.5, 0.6) is 0 Å². The maximum absolute atomic E-state index is 12.6. The Morgan fingerprint density at radius 3 is 2.76 bits per heavy atom. The molecule has 0 amide bonds. The van der Waals surface area contributed by atoms with Gasteiger partial charge in [-0.2, -0.15) is 15.3 Å². The topological polar surface area (TPSA) is 120 Å². The molecule has 2 aromatic heterocycles. The lowest BCUT2D eigenvalue weighted by atomic mass is 9.75. The van der Waals surface area contributed by atoms with Crippen molar-refractivity contribution in [3.05, 3.63) is 10.3 Å². The summed E-state index contributed by atoms with van der Waals surface area (Å²) in [6.45, 7) is 8.62. The lowest BCUT2D eigenvalue weighted by molar-refractivity contribution is 0.131. The number of ether oxygens (including phenoxy) is 1. The zero-order valence-corrected chi connectivity index (χ0v) is 19.1. The number of piperidine rings is 1. The fraction of sp³-hybridized carbons (Fsp3) is 0.667. The van der Waals surface area contributed by atoms with Gasteiger partial charge >= 0.3 is 0 Å². The van der Waals surface area contributed by atoms with Crippen LogP contribution in [0, 0.1) is 16.7 Å². The first kappa shape index (κ1) is 20.7. The van der Waals surface area contributed by atoms with Crippen molar-refractivity contribution < 1.29 is 8.95 Å². The van der Waals surface area contributed by atoms with E-state index in [0.717, 1.165) is 25.9 Å². The molecule has 0 bridgehead atoms. The molecule has 0 aliphatic carbocycles. The van der Waals surface area contributed by atoms with Gasteiger partial charge in [0.1, 0.15) is 10.7 Å². The number of nitrogens with one attached hydrogen (secondary N) is 2. The normalized spacial score (nSPS) is 22.9. The van der Waals surface area contributed by atoms with E-state index in [2.05, 4.69) is 51.8 Å². The first-order valence-electron chi connectivity index (χ1n) is 9.56. The fourth-order valence-corrected chi connectivity index (χ4v) is 5.25. The summed E-state index contributed by atoms with van der Waals surface area (Å²) in [7, 11) is -1.14. The van der Waals surface area contributed by atoms with Gasteiger partial charge < -0.3 is 9.64 Å². The van der Waals surface area contributed by atoms with Gasteiger partial charge in [0.05, 0.1) is 40.4 Å². The van der Waals surface area contributed by atoms with Crippen LogP contribution >= 0.6 is 15.9 Å². The van der Waals surface area contributed by atoms with E-state index in [0.29, 0.717) is 40.5 Å². The Morgan fingerprint density at radius 2 is 2.10 bits per heavy atom. The molecule has 2 saturated heterocycles. The van der Waals surface area contributed by atoms with E-state index >= 15 is 0 Å². The summed E-state index contributed by atoms with van der Waals surface area (Å²) >= 11 is 3.35. The molecule has 1 spiro atoms. The first-order valence-corrected chi connectivity index (χ1v) is 11.5. The highest BCUT2D eigenvalue weighted by atomic mass is 79.9. The molecule has 4 rings (SSSR count). The molecule has 9 nitrogen and oxygen atoms in total. The summed E-state index contributed by atoms with van der Waals surface area (Å²) in [4.78, 5) is 11.1. The quantitative estimate of drug-likeness (QED) is 0.687. The molecule has 2 aliphatic rings. The second-order valence-corrected chi connectivity index (χ2v) is 11.4. The molecule has 2 aromatic rings. The number of aromatic amines is 1. The third-order valence-corrected chi connectivity index (χ3v) is 7.91. The van der Waals surface area contributed by atoms with E-state index in [9.17, 15) is 9.47 Å². The van der Waals surface area contributed by atoms with Crippen LogP contribution in [0.2, 0.25) is 0 Å². The SMILES string of the molecule is CC(C)(C)[S@@](=O)N[C@@H]1COCC12CCN(c1nc(C#N)c3c(Br)[nH]nc3n1)CC2. The van der Waals surface area contributed by atoms with Crippen LogP contribution in [0.4, 0.5) is 5.95 Å². The Morgan fingerprint density at radius 1 is 1.38 bits per heavy atom. The van der Waals surface area contributed by atoms with Crippen molar-refractivity contribution in [2.24, 2.45) is 5.41 Å². The fourth-order valence-electron chi connectivity index (χ4n) is 3.87. The number of hydrogen-bond acceptors (Lipinski definition) is 7. The summed E-state index contributed by atoms with van der Waals surface area (Å²) in [5.74, 6) is 0.518. The zero-order chi connectivity index (χ0) is 20.8. The van der Waals surface area contributed by atoms with Gasteiger partial charge in [-0.05, 0) is 49.5 Å². The van der Waals surface area contributed by atoms with E-state index in [-0.39, 0.29) is 16.2 Å². The number of hydrogen-bond donors (Lipinski definition) is 2. The lowest BCUT2D eigenvalue weighted by Crippen LogP contribution is -2.53. The number of aromatic nitrogens is 4. The number of rotatable bonds is 3. The third-order valence-electron chi connectivity index (χ3n) is 5.72. The van der Waals surface area contributed by atoms with Gasteiger partial charge in [0, 0.05) is 18.5 Å². The van der Waals surface area contributed by atoms with Crippen molar-refractivity contribution >= 4 is 43.9 Å². The summed E-state index contributed by atoms with van der Waals surface area (Å²) in [5.41, 5.74) is 0.729. The Bertz CT molecular complexity index is 988. The molecule has 156 valence electrons. The molecule has 4 heterocycles. The molecule has 29 heavy (non-hydrogen) atoms. The first-order chi connectivity index (χ1) is 13.7. The zero-order valence-electron chi connectivity index (χ0n) is 16.7. The predicted molar refractivity (Wildman–Crippen MR) is 114 cm³/mol. The number of halogens is 1. The van der Waals surface area contributed by atoms with Crippen molar-refractivity contribution in [2.75, 3.05) is 31.2 Å². The summed E-state index contributed by atoms with van der Waals surface area (Å²) in [5, 5.41) is 17.0. The van der Waals surface area contributed by atoms with E-state index in [1.54, 1.807) is 0 Å². The van der Waals surface area contributed by atoms with Crippen LogP contribution in [0.15, 0.2) is 4.60 Å². The summed E-state index contributed by atoms with van der Waals surface area (Å²) < 4.78 is 22.0. The van der Waals surface area contributed by atoms with E-state index in [1.165, 1.54) is 0 Å². The molecule has 0 aromatic carbocycles. The average molecular weight is 482 g/mol. The minimum absolute atomic E-state index is 0.0467. The maximum Gasteiger partial charge on any atom is 0.228 e. The molecule has 2 aliphatic heterocycles. The molecule has 2 atom stereocenters. The average Bonchev–Trinajstić information content (AvgIpc) is 3.25. The molecule has 2 N–H and O–H groups in total. The second-order valence-electron chi connectivity index (χ2n) is 8.64. The van der Waals surface area contributed by atoms with Crippen LogP contribution in [-0.2, 0) is 15.7 Å². The van der Waals surface area contributed by atoms with Crippen LogP contribution in [0.1, 0.15) is 39.3 Å². The van der Waals surface area contributed by atoms with E-state index < -0.39 is 11.0 Å². The summed E-state index contributed by atoms with van der Waals surface area (Å²) in [6, 6.07) is 2.20. The Hall–Kier alpha value is -1.61. The minimum atomic E-state index is -1.14. The Kier molecular flexibility index (Phi) is 5.40. The largest absolute Gasteiger partial charge is 0.379 e. The molecule has 0 radical (unpaired) electrons. The van der Waals surface area contributed by atoms with Gasteiger partial charge in [0.25, 0.3) is 0 Å². The van der Waals surface area contributed by atoms with Crippen LogP contribution in [0.25, 0.3) is 11.0 Å². The van der Waals surface area contributed by atoms with Crippen molar-refractivity contribution in [3.8, 4) is 6.07 Å². The number of anilines is 1. The van der Waals surface area contributed by atoms with Crippen molar-refractivity contribution in [1.29, 1.82) is 5.26 Å². The molecule has 0 saturated carbocycles.